The number of likely N-dealkylation sites (tertiary alicyclic amines) is 1. The topological polar surface area (TPSA) is 3.24 Å². The van der Waals surface area contributed by atoms with Gasteiger partial charge in [0.2, 0.25) is 0 Å². The maximum Gasteiger partial charge on any atom is 0.0197 e. The van der Waals surface area contributed by atoms with Gasteiger partial charge in [-0.1, -0.05) is 26.8 Å². The van der Waals surface area contributed by atoms with Crippen LogP contribution in [-0.2, 0) is 0 Å². The molecule has 78 valence electrons. The molecular weight excluding hydrogens is 170 g/mol. The van der Waals surface area contributed by atoms with Gasteiger partial charge >= 0.3 is 0 Å². The Bertz CT molecular complexity index is 298. The van der Waals surface area contributed by atoms with E-state index in [-0.39, 0.29) is 0 Å². The zero-order valence-electron chi connectivity index (χ0n) is 9.80. The quantitative estimate of drug-likeness (QED) is 0.615. The molecule has 14 heavy (non-hydrogen) atoms. The molecule has 0 bridgehead atoms. The van der Waals surface area contributed by atoms with Crippen molar-refractivity contribution in [3.8, 4) is 0 Å². The zero-order chi connectivity index (χ0) is 10.3. The van der Waals surface area contributed by atoms with E-state index in [1.807, 2.05) is 0 Å². The molecule has 1 saturated heterocycles. The molecule has 0 N–H and O–H groups in total. The number of nitrogens with zero attached hydrogens (tertiary/aromatic N) is 1. The third kappa shape index (κ3) is 1.39. The summed E-state index contributed by atoms with van der Waals surface area (Å²) in [6, 6.07) is 0. The van der Waals surface area contributed by atoms with Crippen LogP contribution < -0.4 is 0 Å². The van der Waals surface area contributed by atoms with Crippen LogP contribution in [0, 0.1) is 11.3 Å². The average Bonchev–Trinajstić information content (AvgIpc) is 2.42. The van der Waals surface area contributed by atoms with Gasteiger partial charge in [0.25, 0.3) is 0 Å². The van der Waals surface area contributed by atoms with Crippen molar-refractivity contribution in [2.75, 3.05) is 13.6 Å². The summed E-state index contributed by atoms with van der Waals surface area (Å²) in [4.78, 5) is 2.43. The van der Waals surface area contributed by atoms with Crippen molar-refractivity contribution in [1.29, 1.82) is 0 Å². The molecule has 2 aliphatic rings. The second kappa shape index (κ2) is 3.15. The summed E-state index contributed by atoms with van der Waals surface area (Å²) < 4.78 is 0. The van der Waals surface area contributed by atoms with Crippen molar-refractivity contribution < 1.29 is 0 Å². The molecule has 1 aliphatic carbocycles. The van der Waals surface area contributed by atoms with Crippen LogP contribution in [-0.4, -0.2) is 18.5 Å². The van der Waals surface area contributed by atoms with E-state index in [0.29, 0.717) is 11.3 Å². The van der Waals surface area contributed by atoms with Crippen LogP contribution in [0.3, 0.4) is 0 Å². The van der Waals surface area contributed by atoms with E-state index in [9.17, 15) is 0 Å². The van der Waals surface area contributed by atoms with Gasteiger partial charge in [-0.15, -0.1) is 0 Å². The van der Waals surface area contributed by atoms with Gasteiger partial charge in [0.1, 0.15) is 0 Å². The Labute approximate surface area is 87.5 Å². The van der Waals surface area contributed by atoms with E-state index in [4.69, 9.17) is 0 Å². The largest absolute Gasteiger partial charge is 0.377 e. The van der Waals surface area contributed by atoms with Crippen LogP contribution >= 0.6 is 0 Å². The number of rotatable bonds is 1. The summed E-state index contributed by atoms with van der Waals surface area (Å²) in [5, 5.41) is 0. The molecule has 1 heteroatoms. The molecule has 2 rings (SSSR count). The number of hydrogen-bond donors (Lipinski definition) is 0. The van der Waals surface area contributed by atoms with Crippen LogP contribution in [0.4, 0.5) is 0 Å². The molecule has 1 nitrogen and oxygen atoms in total. The second-order valence-electron chi connectivity index (χ2n) is 5.32. The standard InChI is InChI=1S/C13H21N/c1-10(2)11-5-6-13(3)7-8-14(4)12(13)9-11/h5,9-10H,6-8H2,1-4H3. The van der Waals surface area contributed by atoms with Gasteiger partial charge < -0.3 is 4.90 Å². The van der Waals surface area contributed by atoms with Crippen molar-refractivity contribution in [2.45, 2.75) is 33.6 Å². The van der Waals surface area contributed by atoms with Gasteiger partial charge in [0.15, 0.2) is 0 Å². The lowest BCUT2D eigenvalue weighted by Gasteiger charge is -2.31. The molecule has 0 saturated carbocycles. The molecule has 0 radical (unpaired) electrons. The normalized spacial score (nSPS) is 31.6. The van der Waals surface area contributed by atoms with E-state index >= 15 is 0 Å². The van der Waals surface area contributed by atoms with Gasteiger partial charge in [0.05, 0.1) is 0 Å². The third-order valence-corrected chi connectivity index (χ3v) is 3.79. The fraction of sp³-hybridized carbons (Fsp3) is 0.692. The van der Waals surface area contributed by atoms with Crippen LogP contribution in [0.5, 0.6) is 0 Å². The van der Waals surface area contributed by atoms with Gasteiger partial charge in [-0.3, -0.25) is 0 Å². The summed E-state index contributed by atoms with van der Waals surface area (Å²) in [6.45, 7) is 8.18. The molecule has 0 aromatic rings. The molecule has 0 amide bonds. The van der Waals surface area contributed by atoms with Crippen molar-refractivity contribution in [3.05, 3.63) is 23.4 Å². The lowest BCUT2D eigenvalue weighted by molar-refractivity contribution is 0.391. The minimum atomic E-state index is 0.438. The lowest BCUT2D eigenvalue weighted by atomic mass is 9.77. The van der Waals surface area contributed by atoms with Gasteiger partial charge in [-0.05, 0) is 30.4 Å². The van der Waals surface area contributed by atoms with Crippen molar-refractivity contribution in [1.82, 2.24) is 4.90 Å². The SMILES string of the molecule is CC(C)C1=CCC2(C)CCN(C)C2=C1. The van der Waals surface area contributed by atoms with Crippen LogP contribution in [0.1, 0.15) is 33.6 Å². The Hall–Kier alpha value is -0.720. The molecule has 1 atom stereocenters. The summed E-state index contributed by atoms with van der Waals surface area (Å²) in [5.74, 6) is 0.668. The predicted octanol–water partition coefficient (Wildman–Crippen LogP) is 3.20. The smallest absolute Gasteiger partial charge is 0.0197 e. The van der Waals surface area contributed by atoms with Gasteiger partial charge in [0, 0.05) is 24.7 Å². The molecule has 1 heterocycles. The van der Waals surface area contributed by atoms with Crippen molar-refractivity contribution in [2.24, 2.45) is 11.3 Å². The Morgan fingerprint density at radius 2 is 2.14 bits per heavy atom. The maximum atomic E-state index is 2.44. The highest BCUT2D eigenvalue weighted by molar-refractivity contribution is 5.35. The van der Waals surface area contributed by atoms with E-state index < -0.39 is 0 Å². The Morgan fingerprint density at radius 1 is 1.43 bits per heavy atom. The van der Waals surface area contributed by atoms with E-state index in [2.05, 4.69) is 44.9 Å². The fourth-order valence-electron chi connectivity index (χ4n) is 2.58. The molecule has 1 unspecified atom stereocenters. The van der Waals surface area contributed by atoms with Crippen molar-refractivity contribution >= 4 is 0 Å². The predicted molar refractivity (Wildman–Crippen MR) is 61.0 cm³/mol. The van der Waals surface area contributed by atoms with Gasteiger partial charge in [-0.25, -0.2) is 0 Å². The maximum absolute atomic E-state index is 2.44. The van der Waals surface area contributed by atoms with E-state index in [1.165, 1.54) is 25.0 Å². The van der Waals surface area contributed by atoms with Crippen molar-refractivity contribution in [3.63, 3.8) is 0 Å². The van der Waals surface area contributed by atoms with Gasteiger partial charge in [-0.2, -0.15) is 0 Å². The summed E-state index contributed by atoms with van der Waals surface area (Å²) in [7, 11) is 2.22. The molecule has 0 aromatic carbocycles. The van der Waals surface area contributed by atoms with Crippen LogP contribution in [0.2, 0.25) is 0 Å². The van der Waals surface area contributed by atoms with E-state index in [0.717, 1.165) is 0 Å². The Kier molecular flexibility index (Phi) is 2.21. The van der Waals surface area contributed by atoms with Crippen LogP contribution in [0.25, 0.3) is 0 Å². The highest BCUT2D eigenvalue weighted by Crippen LogP contribution is 2.46. The first-order chi connectivity index (χ1) is 6.53. The average molecular weight is 191 g/mol. The molecular formula is C13H21N. The Balaban J connectivity index is 2.31. The van der Waals surface area contributed by atoms with E-state index in [1.54, 1.807) is 5.70 Å². The zero-order valence-corrected chi connectivity index (χ0v) is 9.80. The van der Waals surface area contributed by atoms with Crippen LogP contribution in [0.15, 0.2) is 23.4 Å². The number of fused-ring (bicyclic) bond motifs is 1. The highest BCUT2D eigenvalue weighted by atomic mass is 15.1. The third-order valence-electron chi connectivity index (χ3n) is 3.79. The molecule has 0 spiro atoms. The molecule has 1 fully saturated rings. The highest BCUT2D eigenvalue weighted by Gasteiger charge is 2.38. The number of hydrogen-bond acceptors (Lipinski definition) is 1. The minimum absolute atomic E-state index is 0.438. The molecule has 1 aliphatic heterocycles. The summed E-state index contributed by atoms with van der Waals surface area (Å²) in [6.07, 6.45) is 7.41. The summed E-state index contributed by atoms with van der Waals surface area (Å²) >= 11 is 0. The first kappa shape index (κ1) is 9.82. The first-order valence-electron chi connectivity index (χ1n) is 5.66. The number of allylic oxidation sites excluding steroid dienone is 4. The lowest BCUT2D eigenvalue weighted by Crippen LogP contribution is -2.22. The second-order valence-corrected chi connectivity index (χ2v) is 5.32. The summed E-state index contributed by atoms with van der Waals surface area (Å²) in [5.41, 5.74) is 3.52. The fourth-order valence-corrected chi connectivity index (χ4v) is 2.58. The minimum Gasteiger partial charge on any atom is -0.377 e. The monoisotopic (exact) mass is 191 g/mol. The molecule has 0 aromatic heterocycles. The Morgan fingerprint density at radius 3 is 2.79 bits per heavy atom. The first-order valence-corrected chi connectivity index (χ1v) is 5.66.